The van der Waals surface area contributed by atoms with Crippen molar-refractivity contribution in [3.63, 3.8) is 0 Å². The number of anilines is 2. The minimum atomic E-state index is -0.415. The molecule has 1 saturated heterocycles. The Kier molecular flexibility index (Phi) is 3.77. The SMILES string of the molecule is CNc1nc(N[C@@H]2CN(C)C[C@H]2O)nc2nc3c(c(C)c12)CCC3. The quantitative estimate of drug-likeness (QED) is 0.773. The van der Waals surface area contributed by atoms with E-state index in [0.717, 1.165) is 42.7 Å². The Bertz CT molecular complexity index is 792. The van der Waals surface area contributed by atoms with E-state index in [9.17, 15) is 5.11 Å². The molecule has 0 amide bonds. The maximum absolute atomic E-state index is 10.1. The Balaban J connectivity index is 1.77. The molecule has 0 aromatic carbocycles. The molecule has 2 aliphatic rings. The van der Waals surface area contributed by atoms with Crippen LogP contribution in [-0.4, -0.2) is 64.3 Å². The molecule has 2 aromatic heterocycles. The zero-order chi connectivity index (χ0) is 16.8. The number of pyridine rings is 1. The highest BCUT2D eigenvalue weighted by atomic mass is 16.3. The monoisotopic (exact) mass is 328 g/mol. The molecule has 4 rings (SSSR count). The van der Waals surface area contributed by atoms with Crippen LogP contribution in [0.1, 0.15) is 23.2 Å². The summed E-state index contributed by atoms with van der Waals surface area (Å²) >= 11 is 0. The number of rotatable bonds is 3. The number of likely N-dealkylation sites (N-methyl/N-ethyl adjacent to an activating group) is 1. The van der Waals surface area contributed by atoms with Crippen molar-refractivity contribution in [3.8, 4) is 0 Å². The molecule has 0 saturated carbocycles. The van der Waals surface area contributed by atoms with E-state index in [1.165, 1.54) is 16.8 Å². The number of hydrogen-bond donors (Lipinski definition) is 3. The Morgan fingerprint density at radius 3 is 2.71 bits per heavy atom. The number of aliphatic hydroxyl groups is 1. The first-order valence-corrected chi connectivity index (χ1v) is 8.58. The number of hydrogen-bond acceptors (Lipinski definition) is 7. The fourth-order valence-electron chi connectivity index (χ4n) is 3.94. The lowest BCUT2D eigenvalue weighted by Gasteiger charge is -2.18. The first kappa shape index (κ1) is 15.5. The van der Waals surface area contributed by atoms with Crippen LogP contribution >= 0.6 is 0 Å². The van der Waals surface area contributed by atoms with Gasteiger partial charge in [-0.3, -0.25) is 0 Å². The Hall–Kier alpha value is -1.99. The van der Waals surface area contributed by atoms with Crippen molar-refractivity contribution in [2.24, 2.45) is 0 Å². The third-order valence-electron chi connectivity index (χ3n) is 5.17. The molecule has 128 valence electrons. The van der Waals surface area contributed by atoms with Crippen LogP contribution in [0, 0.1) is 6.92 Å². The second kappa shape index (κ2) is 5.82. The number of fused-ring (bicyclic) bond motifs is 2. The molecule has 0 unspecified atom stereocenters. The summed E-state index contributed by atoms with van der Waals surface area (Å²) in [5.41, 5.74) is 4.50. The maximum atomic E-state index is 10.1. The predicted molar refractivity (Wildman–Crippen MR) is 94.6 cm³/mol. The van der Waals surface area contributed by atoms with Crippen LogP contribution in [0.5, 0.6) is 0 Å². The summed E-state index contributed by atoms with van der Waals surface area (Å²) in [6, 6.07) is -0.0623. The summed E-state index contributed by atoms with van der Waals surface area (Å²) in [6.07, 6.45) is 2.86. The van der Waals surface area contributed by atoms with Gasteiger partial charge in [0.25, 0.3) is 0 Å². The van der Waals surface area contributed by atoms with Crippen molar-refractivity contribution >= 4 is 22.8 Å². The zero-order valence-electron chi connectivity index (χ0n) is 14.4. The first-order valence-electron chi connectivity index (χ1n) is 8.58. The summed E-state index contributed by atoms with van der Waals surface area (Å²) in [4.78, 5) is 16.2. The van der Waals surface area contributed by atoms with E-state index < -0.39 is 6.10 Å². The van der Waals surface area contributed by atoms with Crippen LogP contribution in [0.2, 0.25) is 0 Å². The number of β-amino-alcohol motifs (C(OH)–C–C–N with tert-alkyl or cyclic N) is 1. The lowest BCUT2D eigenvalue weighted by atomic mass is 10.1. The van der Waals surface area contributed by atoms with E-state index in [2.05, 4.69) is 32.4 Å². The van der Waals surface area contributed by atoms with Crippen LogP contribution in [0.15, 0.2) is 0 Å². The van der Waals surface area contributed by atoms with Gasteiger partial charge in [-0.15, -0.1) is 0 Å². The first-order chi connectivity index (χ1) is 11.6. The second-order valence-corrected chi connectivity index (χ2v) is 6.90. The summed E-state index contributed by atoms with van der Waals surface area (Å²) < 4.78 is 0. The van der Waals surface area contributed by atoms with Crippen molar-refractivity contribution in [1.82, 2.24) is 19.9 Å². The van der Waals surface area contributed by atoms with E-state index >= 15 is 0 Å². The maximum Gasteiger partial charge on any atom is 0.227 e. The van der Waals surface area contributed by atoms with Crippen LogP contribution in [0.25, 0.3) is 11.0 Å². The summed E-state index contributed by atoms with van der Waals surface area (Å²) in [7, 11) is 3.87. The second-order valence-electron chi connectivity index (χ2n) is 6.90. The van der Waals surface area contributed by atoms with E-state index in [-0.39, 0.29) is 6.04 Å². The van der Waals surface area contributed by atoms with Crippen LogP contribution in [-0.2, 0) is 12.8 Å². The minimum absolute atomic E-state index is 0.0623. The van der Waals surface area contributed by atoms with Crippen molar-refractivity contribution < 1.29 is 5.11 Å². The molecule has 7 heteroatoms. The lowest BCUT2D eigenvalue weighted by Crippen LogP contribution is -2.32. The third kappa shape index (κ3) is 2.48. The normalized spacial score (nSPS) is 23.7. The average molecular weight is 328 g/mol. The molecule has 2 atom stereocenters. The Morgan fingerprint density at radius 1 is 1.17 bits per heavy atom. The number of aryl methyl sites for hydroxylation is 2. The van der Waals surface area contributed by atoms with Gasteiger partial charge in [0.05, 0.1) is 17.5 Å². The third-order valence-corrected chi connectivity index (χ3v) is 5.17. The zero-order valence-corrected chi connectivity index (χ0v) is 14.4. The lowest BCUT2D eigenvalue weighted by molar-refractivity contribution is 0.174. The van der Waals surface area contributed by atoms with Crippen molar-refractivity contribution in [2.45, 2.75) is 38.3 Å². The molecule has 1 aliphatic carbocycles. The smallest absolute Gasteiger partial charge is 0.227 e. The standard InChI is InChI=1S/C17H24N6O/c1-9-10-5-4-6-11(10)19-16-14(9)15(18-2)21-17(22-16)20-12-7-23(3)8-13(12)24/h12-13,24H,4-8H2,1-3H3,(H2,18,19,20,21,22)/t12-,13-/m1/s1. The fourth-order valence-corrected chi connectivity index (χ4v) is 3.94. The molecule has 2 aromatic rings. The summed E-state index contributed by atoms with van der Waals surface area (Å²) in [6.45, 7) is 3.57. The molecular weight excluding hydrogens is 304 g/mol. The molecule has 24 heavy (non-hydrogen) atoms. The van der Waals surface area contributed by atoms with E-state index in [1.54, 1.807) is 0 Å². The van der Waals surface area contributed by atoms with Gasteiger partial charge in [-0.05, 0) is 44.4 Å². The molecule has 0 spiro atoms. The molecule has 3 N–H and O–H groups in total. The summed E-state index contributed by atoms with van der Waals surface area (Å²) in [5, 5.41) is 17.6. The van der Waals surface area contributed by atoms with Gasteiger partial charge in [-0.25, -0.2) is 4.98 Å². The number of likely N-dealkylation sites (tertiary alicyclic amines) is 1. The fraction of sp³-hybridized carbons (Fsp3) is 0.588. The van der Waals surface area contributed by atoms with E-state index in [1.807, 2.05) is 14.1 Å². The van der Waals surface area contributed by atoms with Crippen molar-refractivity contribution in [1.29, 1.82) is 0 Å². The highest BCUT2D eigenvalue weighted by Crippen LogP contribution is 2.32. The highest BCUT2D eigenvalue weighted by molar-refractivity contribution is 5.91. The topological polar surface area (TPSA) is 86.2 Å². The Morgan fingerprint density at radius 2 is 2.00 bits per heavy atom. The predicted octanol–water partition coefficient (Wildman–Crippen LogP) is 0.950. The van der Waals surface area contributed by atoms with Crippen LogP contribution in [0.3, 0.4) is 0 Å². The molecule has 0 radical (unpaired) electrons. The number of aliphatic hydroxyl groups excluding tert-OH is 1. The number of nitrogens with one attached hydrogen (secondary N) is 2. The van der Waals surface area contributed by atoms with Gasteiger partial charge in [-0.2, -0.15) is 9.97 Å². The van der Waals surface area contributed by atoms with Gasteiger partial charge < -0.3 is 20.6 Å². The molecule has 3 heterocycles. The van der Waals surface area contributed by atoms with Gasteiger partial charge >= 0.3 is 0 Å². The van der Waals surface area contributed by atoms with Gasteiger partial charge in [0.2, 0.25) is 5.95 Å². The number of aromatic nitrogens is 3. The molecule has 1 aliphatic heterocycles. The Labute approximate surface area is 141 Å². The van der Waals surface area contributed by atoms with Crippen LogP contribution in [0.4, 0.5) is 11.8 Å². The van der Waals surface area contributed by atoms with Crippen LogP contribution < -0.4 is 10.6 Å². The average Bonchev–Trinajstić information content (AvgIpc) is 3.13. The molecule has 0 bridgehead atoms. The van der Waals surface area contributed by atoms with E-state index in [4.69, 9.17) is 4.98 Å². The minimum Gasteiger partial charge on any atom is -0.390 e. The largest absolute Gasteiger partial charge is 0.390 e. The van der Waals surface area contributed by atoms with Gasteiger partial charge in [0, 0.05) is 25.8 Å². The van der Waals surface area contributed by atoms with Gasteiger partial charge in [0.15, 0.2) is 5.65 Å². The highest BCUT2D eigenvalue weighted by Gasteiger charge is 2.30. The molecular formula is C17H24N6O. The van der Waals surface area contributed by atoms with Crippen molar-refractivity contribution in [2.75, 3.05) is 37.8 Å². The van der Waals surface area contributed by atoms with Gasteiger partial charge in [0.1, 0.15) is 5.82 Å². The molecule has 1 fully saturated rings. The van der Waals surface area contributed by atoms with Gasteiger partial charge in [-0.1, -0.05) is 0 Å². The van der Waals surface area contributed by atoms with Crippen molar-refractivity contribution in [3.05, 3.63) is 16.8 Å². The number of nitrogens with zero attached hydrogens (tertiary/aromatic N) is 4. The summed E-state index contributed by atoms with van der Waals surface area (Å²) in [5.74, 6) is 1.32. The van der Waals surface area contributed by atoms with E-state index in [0.29, 0.717) is 12.5 Å². The molecule has 7 nitrogen and oxygen atoms in total.